The number of nitrogens with one attached hydrogen (secondary N) is 2. The van der Waals surface area contributed by atoms with Crippen LogP contribution in [0, 0.1) is 10.2 Å². The molecule has 0 aliphatic rings. The Morgan fingerprint density at radius 2 is 1.86 bits per heavy atom. The molecule has 0 fully saturated rings. The number of aromatic nitrogens is 4. The van der Waals surface area contributed by atoms with E-state index in [0.29, 0.717) is 0 Å². The van der Waals surface area contributed by atoms with E-state index in [9.17, 15) is 0 Å². The summed E-state index contributed by atoms with van der Waals surface area (Å²) in [4.78, 5) is 2.93. The minimum Gasteiger partial charge on any atom is -0.240 e. The van der Waals surface area contributed by atoms with Gasteiger partial charge in [0, 0.05) is 0 Å². The van der Waals surface area contributed by atoms with Crippen LogP contribution in [0.25, 0.3) is 11.2 Å². The van der Waals surface area contributed by atoms with Gasteiger partial charge in [0.1, 0.15) is 0 Å². The van der Waals surface area contributed by atoms with Crippen LogP contribution in [0.2, 0.25) is 0 Å². The second kappa shape index (κ2) is 4.26. The summed E-state index contributed by atoms with van der Waals surface area (Å²) < 4.78 is 34.0. The van der Waals surface area contributed by atoms with Crippen LogP contribution >= 0.6 is 0 Å². The zero-order valence-corrected chi connectivity index (χ0v) is 7.39. The normalized spacial score (nSPS) is 10.9. The first-order valence-corrected chi connectivity index (χ1v) is 4.49. The van der Waals surface area contributed by atoms with Gasteiger partial charge in [0.2, 0.25) is 0 Å². The number of halogens is 1. The zero-order chi connectivity index (χ0) is 10.6. The highest BCUT2D eigenvalue weighted by Crippen LogP contribution is 1.95. The second-order valence-corrected chi connectivity index (χ2v) is 2.86. The smallest absolute Gasteiger partial charge is 0.240 e. The Kier molecular flexibility index (Phi) is 3.28. The van der Waals surface area contributed by atoms with Crippen molar-refractivity contribution in [2.45, 2.75) is 0 Å². The fraction of sp³-hybridized carbons (Fsp3) is 0. The largest absolute Gasteiger partial charge is 0.375 e. The van der Waals surface area contributed by atoms with Crippen LogP contribution in [-0.4, -0.2) is 15.4 Å². The first-order valence-electron chi connectivity index (χ1n) is 3.26. The van der Waals surface area contributed by atoms with Gasteiger partial charge < -0.3 is 0 Å². The van der Waals surface area contributed by atoms with Crippen LogP contribution in [0.5, 0.6) is 0 Å². The maximum absolute atomic E-state index is 8.49. The van der Waals surface area contributed by atoms with Crippen LogP contribution < -0.4 is 23.6 Å². The van der Waals surface area contributed by atoms with Crippen molar-refractivity contribution in [2.75, 3.05) is 0 Å². The summed E-state index contributed by atoms with van der Waals surface area (Å²) in [6.07, 6.45) is 1.81. The highest BCUT2D eigenvalue weighted by Gasteiger charge is 2.01. The topological polar surface area (TPSA) is 148 Å². The zero-order valence-electron chi connectivity index (χ0n) is 6.64. The van der Waals surface area contributed by atoms with Gasteiger partial charge in [-0.2, -0.15) is 0 Å². The van der Waals surface area contributed by atoms with Crippen molar-refractivity contribution in [3.8, 4) is 0 Å². The first kappa shape index (κ1) is 10.8. The summed E-state index contributed by atoms with van der Waals surface area (Å²) in [5.41, 5.74) is 1.65. The lowest BCUT2D eigenvalue weighted by atomic mass is 10.4. The monoisotopic (exact) mass is 220 g/mol. The predicted octanol–water partition coefficient (Wildman–Crippen LogP) is -4.98. The Morgan fingerprint density at radius 1 is 1.21 bits per heavy atom. The second-order valence-electron chi connectivity index (χ2n) is 2.11. The fourth-order valence-electron chi connectivity index (χ4n) is 0.728. The molecule has 0 aliphatic carbocycles. The lowest BCUT2D eigenvalue weighted by Crippen LogP contribution is -2.68. The Labute approximate surface area is 79.6 Å². The Bertz CT molecular complexity index is 364. The van der Waals surface area contributed by atoms with Gasteiger partial charge >= 0.3 is 5.65 Å². The highest BCUT2D eigenvalue weighted by atomic mass is 35.7. The van der Waals surface area contributed by atoms with E-state index < -0.39 is 10.2 Å². The van der Waals surface area contributed by atoms with Crippen LogP contribution in [0.1, 0.15) is 0 Å². The first-order chi connectivity index (χ1) is 6.47. The van der Waals surface area contributed by atoms with E-state index in [1.165, 1.54) is 0 Å². The number of hydrogen-bond acceptors (Lipinski definition) is 6. The third kappa shape index (κ3) is 4.07. The number of rotatable bonds is 0. The molecule has 0 bridgehead atoms. The molecule has 0 unspecified atom stereocenters. The van der Waals surface area contributed by atoms with Gasteiger partial charge in [0.25, 0.3) is 0 Å². The fourth-order valence-corrected chi connectivity index (χ4v) is 0.728. The Morgan fingerprint density at radius 3 is 2.43 bits per heavy atom. The lowest BCUT2D eigenvalue weighted by molar-refractivity contribution is -2.00. The molecule has 2 aromatic heterocycles. The van der Waals surface area contributed by atoms with E-state index in [4.69, 9.17) is 18.6 Å². The molecule has 2 heterocycles. The summed E-state index contributed by atoms with van der Waals surface area (Å²) in [6, 6.07) is 3.76. The average molecular weight is 221 g/mol. The molecule has 0 radical (unpaired) electrons. The van der Waals surface area contributed by atoms with E-state index >= 15 is 0 Å². The molecule has 2 N–H and O–H groups in total. The van der Waals surface area contributed by atoms with Gasteiger partial charge in [0.05, 0.1) is 11.3 Å². The van der Waals surface area contributed by atoms with Crippen molar-refractivity contribution in [3.05, 3.63) is 18.3 Å². The molecule has 0 saturated carbocycles. The van der Waals surface area contributed by atoms with Crippen LogP contribution in [0.15, 0.2) is 18.3 Å². The number of aromatic amines is 2. The third-order valence-corrected chi connectivity index (χ3v) is 1.15. The standard InChI is InChI=1S/C5H4N4.ClHO4/c1-2-4-5(6-3-1)8-9-7-4;2-1(3,4)5/h1-3H,(H,6,7,8,9);(H,2,3,4,5). The van der Waals surface area contributed by atoms with Crippen molar-refractivity contribution in [1.82, 2.24) is 15.4 Å². The Hall–Kier alpha value is -1.32. The third-order valence-electron chi connectivity index (χ3n) is 1.15. The van der Waals surface area contributed by atoms with Crippen molar-refractivity contribution < 1.29 is 33.9 Å². The van der Waals surface area contributed by atoms with Gasteiger partial charge in [-0.3, -0.25) is 0 Å². The predicted molar refractivity (Wildman–Crippen MR) is 30.4 cm³/mol. The number of fused-ring (bicyclic) bond motifs is 1. The average Bonchev–Trinajstić information content (AvgIpc) is 2.47. The molecular weight excluding hydrogens is 216 g/mol. The summed E-state index contributed by atoms with van der Waals surface area (Å²) in [5.74, 6) is 0. The molecular formula is C5H5ClN4O4. The van der Waals surface area contributed by atoms with E-state index in [1.54, 1.807) is 0 Å². The van der Waals surface area contributed by atoms with Crippen LogP contribution in [-0.2, 0) is 0 Å². The molecule has 2 rings (SSSR count). The van der Waals surface area contributed by atoms with Crippen LogP contribution in [0.4, 0.5) is 0 Å². The van der Waals surface area contributed by atoms with Gasteiger partial charge in [-0.05, 0) is 12.1 Å². The van der Waals surface area contributed by atoms with Gasteiger partial charge in [0.15, 0.2) is 5.52 Å². The summed E-state index contributed by atoms with van der Waals surface area (Å²) >= 11 is 0. The number of hydrogen-bond donors (Lipinski definition) is 1. The van der Waals surface area contributed by atoms with Gasteiger partial charge in [-0.15, -0.1) is 20.6 Å². The summed E-state index contributed by atoms with van der Waals surface area (Å²) in [6.45, 7) is 0. The minimum absolute atomic E-state index is 0.789. The van der Waals surface area contributed by atoms with E-state index in [1.807, 2.05) is 18.3 Å². The molecule has 0 atom stereocenters. The van der Waals surface area contributed by atoms with E-state index in [-0.39, 0.29) is 0 Å². The number of pyridine rings is 1. The SMILES string of the molecule is [O-][Cl+3]([O-])([O-])[O-].c1c[nH+]c2n[nH]nc2c1. The molecule has 0 spiro atoms. The van der Waals surface area contributed by atoms with E-state index in [0.717, 1.165) is 11.2 Å². The van der Waals surface area contributed by atoms with Crippen molar-refractivity contribution in [2.24, 2.45) is 0 Å². The van der Waals surface area contributed by atoms with Gasteiger partial charge in [-0.1, -0.05) is 0 Å². The summed E-state index contributed by atoms with van der Waals surface area (Å²) in [5, 5.41) is 10.2. The van der Waals surface area contributed by atoms with E-state index in [2.05, 4.69) is 20.4 Å². The minimum atomic E-state index is -4.94. The van der Waals surface area contributed by atoms with Gasteiger partial charge in [-0.25, -0.2) is 23.6 Å². The van der Waals surface area contributed by atoms with Crippen LogP contribution in [0.3, 0.4) is 0 Å². The maximum atomic E-state index is 8.49. The van der Waals surface area contributed by atoms with Crippen molar-refractivity contribution in [3.63, 3.8) is 0 Å². The molecule has 0 aliphatic heterocycles. The molecule has 0 aromatic carbocycles. The molecule has 9 heteroatoms. The van der Waals surface area contributed by atoms with Crippen molar-refractivity contribution >= 4 is 11.2 Å². The number of H-pyrrole nitrogens is 2. The molecule has 0 saturated heterocycles. The summed E-state index contributed by atoms with van der Waals surface area (Å²) in [7, 11) is -4.94. The molecule has 76 valence electrons. The lowest BCUT2D eigenvalue weighted by Gasteiger charge is -2.17. The highest BCUT2D eigenvalue weighted by molar-refractivity contribution is 5.63. The molecule has 0 amide bonds. The Balaban J connectivity index is 0.000000171. The molecule has 14 heavy (non-hydrogen) atoms. The quantitative estimate of drug-likeness (QED) is 0.470. The van der Waals surface area contributed by atoms with Crippen molar-refractivity contribution in [1.29, 1.82) is 0 Å². The maximum Gasteiger partial charge on any atom is 0.375 e. The molecule has 8 nitrogen and oxygen atoms in total. The number of nitrogens with zero attached hydrogens (tertiary/aromatic N) is 2. The molecule has 2 aromatic rings.